The van der Waals surface area contributed by atoms with Gasteiger partial charge >= 0.3 is 0 Å². The summed E-state index contributed by atoms with van der Waals surface area (Å²) in [6, 6.07) is 12.2. The van der Waals surface area contributed by atoms with Crippen molar-refractivity contribution in [2.75, 3.05) is 0 Å². The molecule has 0 aliphatic carbocycles. The first-order chi connectivity index (χ1) is 8.61. The summed E-state index contributed by atoms with van der Waals surface area (Å²) in [6.07, 6.45) is 1.41. The smallest absolute Gasteiger partial charge is 0.124 e. The van der Waals surface area contributed by atoms with E-state index in [1.807, 2.05) is 38.1 Å². The third-order valence-corrected chi connectivity index (χ3v) is 3.56. The third-order valence-electron chi connectivity index (χ3n) is 3.15. The minimum atomic E-state index is 0.473. The molecule has 0 heterocycles. The van der Waals surface area contributed by atoms with Crippen LogP contribution in [-0.2, 0) is 11.2 Å². The van der Waals surface area contributed by atoms with Gasteiger partial charge in [-0.25, -0.2) is 0 Å². The first-order valence-electron chi connectivity index (χ1n) is 5.91. The van der Waals surface area contributed by atoms with Crippen molar-refractivity contribution < 1.29 is 4.79 Å². The van der Waals surface area contributed by atoms with E-state index in [1.54, 1.807) is 0 Å². The minimum Gasteiger partial charge on any atom is -0.303 e. The first-order valence-corrected chi connectivity index (χ1v) is 6.29. The van der Waals surface area contributed by atoms with E-state index in [0.717, 1.165) is 39.1 Å². The maximum absolute atomic E-state index is 10.5. The Bertz CT molecular complexity index is 588. The van der Waals surface area contributed by atoms with Crippen LogP contribution >= 0.6 is 11.6 Å². The van der Waals surface area contributed by atoms with Crippen LogP contribution in [0.15, 0.2) is 36.4 Å². The third kappa shape index (κ3) is 2.62. The van der Waals surface area contributed by atoms with Gasteiger partial charge in [0.15, 0.2) is 0 Å². The first kappa shape index (κ1) is 12.8. The second-order valence-electron chi connectivity index (χ2n) is 4.48. The van der Waals surface area contributed by atoms with Crippen molar-refractivity contribution in [1.29, 1.82) is 0 Å². The fraction of sp³-hybridized carbons (Fsp3) is 0.188. The quantitative estimate of drug-likeness (QED) is 0.748. The molecule has 1 nitrogen and oxygen atoms in total. The number of hydrogen-bond donors (Lipinski definition) is 0. The molecule has 0 aliphatic rings. The topological polar surface area (TPSA) is 17.1 Å². The fourth-order valence-electron chi connectivity index (χ4n) is 1.97. The molecule has 0 N–H and O–H groups in total. The molecule has 0 spiro atoms. The van der Waals surface area contributed by atoms with Crippen LogP contribution in [0.4, 0.5) is 0 Å². The molecular weight excluding hydrogens is 244 g/mol. The minimum absolute atomic E-state index is 0.473. The van der Waals surface area contributed by atoms with Gasteiger partial charge in [0.1, 0.15) is 6.29 Å². The van der Waals surface area contributed by atoms with E-state index < -0.39 is 0 Å². The Hall–Kier alpha value is -1.60. The number of aldehydes is 1. The number of benzene rings is 2. The Morgan fingerprint density at radius 1 is 1.00 bits per heavy atom. The van der Waals surface area contributed by atoms with Gasteiger partial charge in [0.25, 0.3) is 0 Å². The van der Waals surface area contributed by atoms with Crippen LogP contribution in [0.3, 0.4) is 0 Å². The molecule has 0 unspecified atom stereocenters. The second-order valence-corrected chi connectivity index (χ2v) is 4.88. The molecule has 0 radical (unpaired) electrons. The lowest BCUT2D eigenvalue weighted by molar-refractivity contribution is -0.107. The Morgan fingerprint density at radius 3 is 2.28 bits per heavy atom. The van der Waals surface area contributed by atoms with Crippen LogP contribution in [-0.4, -0.2) is 6.29 Å². The van der Waals surface area contributed by atoms with E-state index in [4.69, 9.17) is 11.6 Å². The normalized spacial score (nSPS) is 10.4. The van der Waals surface area contributed by atoms with E-state index in [9.17, 15) is 4.79 Å². The molecule has 0 amide bonds. The van der Waals surface area contributed by atoms with E-state index in [0.29, 0.717) is 6.42 Å². The van der Waals surface area contributed by atoms with Crippen molar-refractivity contribution >= 4 is 17.9 Å². The number of halogens is 1. The van der Waals surface area contributed by atoms with Gasteiger partial charge in [0.2, 0.25) is 0 Å². The zero-order valence-corrected chi connectivity index (χ0v) is 11.3. The summed E-state index contributed by atoms with van der Waals surface area (Å²) >= 11 is 6.14. The highest BCUT2D eigenvalue weighted by molar-refractivity contribution is 6.31. The zero-order chi connectivity index (χ0) is 13.1. The van der Waals surface area contributed by atoms with Gasteiger partial charge in [-0.15, -0.1) is 0 Å². The van der Waals surface area contributed by atoms with Crippen LogP contribution in [0, 0.1) is 13.8 Å². The van der Waals surface area contributed by atoms with Crippen molar-refractivity contribution in [3.63, 3.8) is 0 Å². The Labute approximate surface area is 112 Å². The summed E-state index contributed by atoms with van der Waals surface area (Å²) in [5.41, 5.74) is 5.52. The standard InChI is InChI=1S/C16H15ClO/c1-11-3-4-15(10-16(11)17)14-6-5-13(7-8-18)12(2)9-14/h3-6,8-10H,7H2,1-2H3. The summed E-state index contributed by atoms with van der Waals surface area (Å²) in [5, 5.41) is 0.780. The van der Waals surface area contributed by atoms with E-state index in [2.05, 4.69) is 12.1 Å². The Kier molecular flexibility index (Phi) is 3.83. The van der Waals surface area contributed by atoms with Crippen LogP contribution < -0.4 is 0 Å². The molecule has 2 heteroatoms. The molecule has 92 valence electrons. The highest BCUT2D eigenvalue weighted by Crippen LogP contribution is 2.26. The number of rotatable bonds is 3. The van der Waals surface area contributed by atoms with Crippen LogP contribution in [0.25, 0.3) is 11.1 Å². The van der Waals surface area contributed by atoms with Crippen LogP contribution in [0.1, 0.15) is 16.7 Å². The average molecular weight is 259 g/mol. The highest BCUT2D eigenvalue weighted by atomic mass is 35.5. The van der Waals surface area contributed by atoms with E-state index in [1.165, 1.54) is 0 Å². The number of carbonyl (C=O) groups excluding carboxylic acids is 1. The molecule has 18 heavy (non-hydrogen) atoms. The van der Waals surface area contributed by atoms with E-state index in [-0.39, 0.29) is 0 Å². The largest absolute Gasteiger partial charge is 0.303 e. The molecule has 2 aromatic carbocycles. The second kappa shape index (κ2) is 5.36. The highest BCUT2D eigenvalue weighted by Gasteiger charge is 2.04. The summed E-state index contributed by atoms with van der Waals surface area (Å²) < 4.78 is 0. The summed E-state index contributed by atoms with van der Waals surface area (Å²) in [6.45, 7) is 4.02. The maximum Gasteiger partial charge on any atom is 0.124 e. The Morgan fingerprint density at radius 2 is 1.67 bits per heavy atom. The molecule has 2 aromatic rings. The van der Waals surface area contributed by atoms with Gasteiger partial charge < -0.3 is 4.79 Å². The fourth-order valence-corrected chi connectivity index (χ4v) is 2.15. The molecule has 0 aromatic heterocycles. The molecule has 0 saturated heterocycles. The predicted molar refractivity (Wildman–Crippen MR) is 76.1 cm³/mol. The molecule has 2 rings (SSSR count). The van der Waals surface area contributed by atoms with Crippen molar-refractivity contribution in [2.45, 2.75) is 20.3 Å². The van der Waals surface area contributed by atoms with Crippen LogP contribution in [0.5, 0.6) is 0 Å². The predicted octanol–water partition coefficient (Wildman–Crippen LogP) is 4.37. The SMILES string of the molecule is Cc1ccc(-c2ccc(CC=O)c(C)c2)cc1Cl. The number of hydrogen-bond acceptors (Lipinski definition) is 1. The summed E-state index contributed by atoms with van der Waals surface area (Å²) in [4.78, 5) is 10.5. The lowest BCUT2D eigenvalue weighted by atomic mass is 9.98. The van der Waals surface area contributed by atoms with Crippen molar-refractivity contribution in [3.8, 4) is 11.1 Å². The lowest BCUT2D eigenvalue weighted by Gasteiger charge is -2.08. The molecule has 0 atom stereocenters. The molecule has 0 fully saturated rings. The molecule has 0 bridgehead atoms. The van der Waals surface area contributed by atoms with Gasteiger partial charge in [0, 0.05) is 11.4 Å². The summed E-state index contributed by atoms with van der Waals surface area (Å²) in [5.74, 6) is 0. The molecule has 0 aliphatic heterocycles. The van der Waals surface area contributed by atoms with Crippen molar-refractivity contribution in [3.05, 3.63) is 58.1 Å². The zero-order valence-electron chi connectivity index (χ0n) is 10.5. The van der Waals surface area contributed by atoms with Crippen molar-refractivity contribution in [2.24, 2.45) is 0 Å². The maximum atomic E-state index is 10.5. The number of aryl methyl sites for hydroxylation is 2. The van der Waals surface area contributed by atoms with Gasteiger partial charge in [0.05, 0.1) is 0 Å². The van der Waals surface area contributed by atoms with Crippen molar-refractivity contribution in [1.82, 2.24) is 0 Å². The van der Waals surface area contributed by atoms with Gasteiger partial charge in [-0.1, -0.05) is 41.9 Å². The monoisotopic (exact) mass is 258 g/mol. The average Bonchev–Trinajstić information content (AvgIpc) is 2.35. The van der Waals surface area contributed by atoms with Gasteiger partial charge in [-0.05, 0) is 47.7 Å². The van der Waals surface area contributed by atoms with Crippen LogP contribution in [0.2, 0.25) is 5.02 Å². The number of carbonyl (C=O) groups is 1. The summed E-state index contributed by atoms with van der Waals surface area (Å²) in [7, 11) is 0. The van der Waals surface area contributed by atoms with Gasteiger partial charge in [-0.2, -0.15) is 0 Å². The lowest BCUT2D eigenvalue weighted by Crippen LogP contribution is -1.91. The van der Waals surface area contributed by atoms with E-state index >= 15 is 0 Å². The molecular formula is C16H15ClO. The Balaban J connectivity index is 2.42. The molecule has 0 saturated carbocycles. The van der Waals surface area contributed by atoms with Gasteiger partial charge in [-0.3, -0.25) is 0 Å².